The Hall–Kier alpha value is -2.74. The molecule has 1 saturated carbocycles. The van der Waals surface area contributed by atoms with Gasteiger partial charge < -0.3 is 16.0 Å². The Labute approximate surface area is 208 Å². The van der Waals surface area contributed by atoms with Gasteiger partial charge in [0.05, 0.1) is 12.1 Å². The van der Waals surface area contributed by atoms with Gasteiger partial charge in [-0.15, -0.1) is 0 Å². The molecular weight excluding hydrogens is 440 g/mol. The second-order valence-electron chi connectivity index (χ2n) is 10.6. The van der Waals surface area contributed by atoms with Gasteiger partial charge in [-0.05, 0) is 30.9 Å². The van der Waals surface area contributed by atoms with E-state index < -0.39 is 0 Å². The zero-order valence-electron chi connectivity index (χ0n) is 21.4. The van der Waals surface area contributed by atoms with Gasteiger partial charge >= 0.3 is 0 Å². The molecule has 190 valence electrons. The molecule has 0 spiro atoms. The van der Waals surface area contributed by atoms with Gasteiger partial charge in [0.1, 0.15) is 11.6 Å². The average molecular weight is 481 g/mol. The maximum absolute atomic E-state index is 13.3. The number of nitrogens with zero attached hydrogens (tertiary/aromatic N) is 4. The summed E-state index contributed by atoms with van der Waals surface area (Å²) in [6.45, 7) is 9.11. The predicted octanol–water partition coefficient (Wildman–Crippen LogP) is 3.21. The van der Waals surface area contributed by atoms with Crippen molar-refractivity contribution in [3.05, 3.63) is 30.1 Å². The first-order chi connectivity index (χ1) is 16.8. The van der Waals surface area contributed by atoms with Gasteiger partial charge in [-0.1, -0.05) is 52.2 Å². The van der Waals surface area contributed by atoms with Crippen molar-refractivity contribution in [2.45, 2.75) is 65.5 Å². The van der Waals surface area contributed by atoms with E-state index in [0.717, 1.165) is 43.1 Å². The van der Waals surface area contributed by atoms with Gasteiger partial charge in [0.25, 0.3) is 0 Å². The van der Waals surface area contributed by atoms with Crippen molar-refractivity contribution < 1.29 is 9.59 Å². The zero-order valence-corrected chi connectivity index (χ0v) is 21.4. The first kappa shape index (κ1) is 25.4. The minimum Gasteiger partial charge on any atom is -0.383 e. The molecule has 2 heterocycles. The number of carbonyl (C=O) groups excluding carboxylic acids is 2. The van der Waals surface area contributed by atoms with E-state index in [1.54, 1.807) is 0 Å². The van der Waals surface area contributed by atoms with Crippen molar-refractivity contribution in [1.29, 1.82) is 0 Å². The van der Waals surface area contributed by atoms with E-state index in [2.05, 4.69) is 29.0 Å². The van der Waals surface area contributed by atoms with Crippen LogP contribution < -0.4 is 11.1 Å². The first-order valence-electron chi connectivity index (χ1n) is 13.1. The molecule has 4 rings (SSSR count). The number of aromatic nitrogens is 2. The van der Waals surface area contributed by atoms with Gasteiger partial charge in [0.15, 0.2) is 0 Å². The van der Waals surface area contributed by atoms with Gasteiger partial charge in [-0.3, -0.25) is 14.5 Å². The number of piperazine rings is 1. The van der Waals surface area contributed by atoms with Crippen LogP contribution in [-0.2, 0) is 16.1 Å². The number of fused-ring (bicyclic) bond motifs is 1. The molecule has 3 N–H and O–H groups in total. The molecular formula is C27H40N6O2. The third kappa shape index (κ3) is 6.10. The zero-order chi connectivity index (χ0) is 24.9. The second kappa shape index (κ2) is 11.3. The summed E-state index contributed by atoms with van der Waals surface area (Å²) in [5.41, 5.74) is 7.05. The van der Waals surface area contributed by atoms with Crippen LogP contribution in [0.1, 0.15) is 58.7 Å². The molecule has 1 aliphatic carbocycles. The number of para-hydroxylation sites is 1. The molecule has 1 saturated heterocycles. The number of nitrogen functional groups attached to an aromatic ring is 1. The Bertz CT molecular complexity index is 1040. The fourth-order valence-corrected chi connectivity index (χ4v) is 5.19. The van der Waals surface area contributed by atoms with Gasteiger partial charge in [-0.25, -0.2) is 9.97 Å². The van der Waals surface area contributed by atoms with Crippen LogP contribution in [0.15, 0.2) is 24.3 Å². The van der Waals surface area contributed by atoms with Crippen molar-refractivity contribution in [3.8, 4) is 0 Å². The summed E-state index contributed by atoms with van der Waals surface area (Å²) in [4.78, 5) is 39.6. The van der Waals surface area contributed by atoms with Crippen LogP contribution >= 0.6 is 0 Å². The number of rotatable bonds is 7. The highest BCUT2D eigenvalue weighted by molar-refractivity contribution is 5.87. The van der Waals surface area contributed by atoms with Crippen molar-refractivity contribution in [2.24, 2.45) is 17.8 Å². The third-order valence-electron chi connectivity index (χ3n) is 7.82. The molecule has 0 radical (unpaired) electrons. The van der Waals surface area contributed by atoms with Crippen molar-refractivity contribution in [3.63, 3.8) is 0 Å². The minimum atomic E-state index is -0.0596. The number of hydrogen-bond donors (Lipinski definition) is 2. The van der Waals surface area contributed by atoms with Gasteiger partial charge in [-0.2, -0.15) is 0 Å². The quantitative estimate of drug-likeness (QED) is 0.631. The second-order valence-corrected chi connectivity index (χ2v) is 10.6. The molecule has 2 aliphatic rings. The smallest absolute Gasteiger partial charge is 0.225 e. The predicted molar refractivity (Wildman–Crippen MR) is 138 cm³/mol. The largest absolute Gasteiger partial charge is 0.383 e. The molecule has 2 fully saturated rings. The highest BCUT2D eigenvalue weighted by atomic mass is 16.2. The fourth-order valence-electron chi connectivity index (χ4n) is 5.19. The molecule has 2 atom stereocenters. The van der Waals surface area contributed by atoms with Crippen LogP contribution in [0.25, 0.3) is 10.9 Å². The molecule has 1 aromatic carbocycles. The lowest BCUT2D eigenvalue weighted by atomic mass is 9.88. The highest BCUT2D eigenvalue weighted by Gasteiger charge is 2.34. The summed E-state index contributed by atoms with van der Waals surface area (Å²) < 4.78 is 0. The van der Waals surface area contributed by atoms with Gasteiger partial charge in [0, 0.05) is 49.4 Å². The van der Waals surface area contributed by atoms with Gasteiger partial charge in [0.2, 0.25) is 11.8 Å². The van der Waals surface area contributed by atoms with Crippen molar-refractivity contribution >= 4 is 28.5 Å². The Morgan fingerprint density at radius 1 is 1.09 bits per heavy atom. The number of anilines is 1. The van der Waals surface area contributed by atoms with Crippen LogP contribution in [0.4, 0.5) is 5.82 Å². The summed E-state index contributed by atoms with van der Waals surface area (Å²) in [5, 5.41) is 4.00. The number of benzene rings is 1. The lowest BCUT2D eigenvalue weighted by Crippen LogP contribution is -2.59. The van der Waals surface area contributed by atoms with E-state index in [0.29, 0.717) is 37.8 Å². The molecule has 35 heavy (non-hydrogen) atoms. The van der Waals surface area contributed by atoms with E-state index in [9.17, 15) is 9.59 Å². The number of carbonyl (C=O) groups is 2. The van der Waals surface area contributed by atoms with E-state index >= 15 is 0 Å². The highest BCUT2D eigenvalue weighted by Crippen LogP contribution is 2.27. The van der Waals surface area contributed by atoms with Crippen LogP contribution in [-0.4, -0.2) is 63.8 Å². The minimum absolute atomic E-state index is 0.00380. The SMILES string of the molecule is CC(C)[C@H](C)C(=O)NCC1CN(C(=O)C2CCCCC2)CCN1Cc1nc(N)c2ccccc2n1. The van der Waals surface area contributed by atoms with Crippen molar-refractivity contribution in [2.75, 3.05) is 31.9 Å². The maximum Gasteiger partial charge on any atom is 0.225 e. The first-order valence-corrected chi connectivity index (χ1v) is 13.1. The average Bonchev–Trinajstić information content (AvgIpc) is 2.87. The molecule has 1 unspecified atom stereocenters. The summed E-state index contributed by atoms with van der Waals surface area (Å²) in [5.74, 6) is 1.85. The van der Waals surface area contributed by atoms with E-state index in [-0.39, 0.29) is 35.6 Å². The molecule has 8 heteroatoms. The molecule has 1 aliphatic heterocycles. The van der Waals surface area contributed by atoms with Crippen LogP contribution in [0.2, 0.25) is 0 Å². The van der Waals surface area contributed by atoms with Crippen molar-refractivity contribution in [1.82, 2.24) is 25.1 Å². The normalized spacial score (nSPS) is 20.8. The maximum atomic E-state index is 13.3. The summed E-state index contributed by atoms with van der Waals surface area (Å²) in [6.07, 6.45) is 5.51. The van der Waals surface area contributed by atoms with E-state index in [1.807, 2.05) is 36.1 Å². The van der Waals surface area contributed by atoms with Crippen LogP contribution in [0.5, 0.6) is 0 Å². The summed E-state index contributed by atoms with van der Waals surface area (Å²) in [7, 11) is 0. The molecule has 2 aromatic rings. The Kier molecular flexibility index (Phi) is 8.21. The lowest BCUT2D eigenvalue weighted by Gasteiger charge is -2.42. The number of nitrogens with one attached hydrogen (secondary N) is 1. The monoisotopic (exact) mass is 480 g/mol. The third-order valence-corrected chi connectivity index (χ3v) is 7.82. The Balaban J connectivity index is 1.49. The van der Waals surface area contributed by atoms with E-state index in [4.69, 9.17) is 10.7 Å². The van der Waals surface area contributed by atoms with E-state index in [1.165, 1.54) is 6.42 Å². The molecule has 8 nitrogen and oxygen atoms in total. The molecule has 2 amide bonds. The summed E-state index contributed by atoms with van der Waals surface area (Å²) in [6, 6.07) is 7.75. The topological polar surface area (TPSA) is 104 Å². The Morgan fingerprint density at radius 2 is 1.83 bits per heavy atom. The Morgan fingerprint density at radius 3 is 2.57 bits per heavy atom. The number of nitrogens with two attached hydrogens (primary N) is 1. The lowest BCUT2D eigenvalue weighted by molar-refractivity contribution is -0.139. The van der Waals surface area contributed by atoms with Crippen LogP contribution in [0, 0.1) is 17.8 Å². The number of amides is 2. The fraction of sp³-hybridized carbons (Fsp3) is 0.630. The summed E-state index contributed by atoms with van der Waals surface area (Å²) >= 11 is 0. The molecule has 1 aromatic heterocycles. The standard InChI is InChI=1S/C27H40N6O2/c1-18(2)19(3)26(34)29-15-21-16-33(27(35)20-9-5-4-6-10-20)14-13-32(21)17-24-30-23-12-8-7-11-22(23)25(28)31-24/h7-8,11-12,18-21H,4-6,9-10,13-17H2,1-3H3,(H,29,34)(H2,28,30,31)/t19-,21?/m0/s1. The molecule has 0 bridgehead atoms. The van der Waals surface area contributed by atoms with Crippen LogP contribution in [0.3, 0.4) is 0 Å². The number of hydrogen-bond acceptors (Lipinski definition) is 6.